The van der Waals surface area contributed by atoms with Crippen molar-refractivity contribution >= 4 is 16.7 Å². The lowest BCUT2D eigenvalue weighted by Gasteiger charge is -2.18. The fourth-order valence-corrected chi connectivity index (χ4v) is 2.26. The number of carbonyl (C=O) groups is 1. The van der Waals surface area contributed by atoms with Crippen LogP contribution in [0.15, 0.2) is 29.1 Å². The van der Waals surface area contributed by atoms with E-state index >= 15 is 0 Å². The van der Waals surface area contributed by atoms with Crippen LogP contribution in [0.3, 0.4) is 0 Å². The number of aromatic nitrogens is 1. The molecule has 0 aliphatic heterocycles. The number of hydrogen-bond donors (Lipinski definition) is 0. The number of ether oxygens (including phenoxy) is 1. The molecule has 4 heteroatoms. The second kappa shape index (κ2) is 4.88. The van der Waals surface area contributed by atoms with Crippen molar-refractivity contribution in [3.63, 3.8) is 0 Å². The van der Waals surface area contributed by atoms with Crippen molar-refractivity contribution in [3.05, 3.63) is 40.2 Å². The van der Waals surface area contributed by atoms with Crippen LogP contribution >= 0.6 is 0 Å². The fraction of sp³-hybridized carbons (Fsp3) is 0.333. The lowest BCUT2D eigenvalue weighted by Crippen LogP contribution is -2.27. The van der Waals surface area contributed by atoms with Crippen LogP contribution < -0.4 is 10.3 Å². The van der Waals surface area contributed by atoms with Crippen LogP contribution in [0.25, 0.3) is 10.9 Å². The molecule has 0 N–H and O–H groups in total. The summed E-state index contributed by atoms with van der Waals surface area (Å²) in [5, 5.41) is 0.923. The average Bonchev–Trinajstić information content (AvgIpc) is 2.37. The van der Waals surface area contributed by atoms with Crippen LogP contribution in [-0.2, 0) is 4.79 Å². The summed E-state index contributed by atoms with van der Waals surface area (Å²) in [5.74, 6) is 0.546. The van der Waals surface area contributed by atoms with Crippen LogP contribution in [-0.4, -0.2) is 17.5 Å². The van der Waals surface area contributed by atoms with E-state index in [2.05, 4.69) is 0 Å². The van der Waals surface area contributed by atoms with Crippen molar-refractivity contribution in [2.45, 2.75) is 26.8 Å². The third-order valence-corrected chi connectivity index (χ3v) is 3.44. The van der Waals surface area contributed by atoms with Gasteiger partial charge in [-0.05, 0) is 32.4 Å². The zero-order valence-electron chi connectivity index (χ0n) is 11.6. The third kappa shape index (κ3) is 2.14. The predicted octanol–water partition coefficient (Wildman–Crippen LogP) is 2.47. The predicted molar refractivity (Wildman–Crippen MR) is 74.9 cm³/mol. The van der Waals surface area contributed by atoms with Crippen molar-refractivity contribution in [2.24, 2.45) is 0 Å². The maximum Gasteiger partial charge on any atom is 0.252 e. The highest BCUT2D eigenvalue weighted by Gasteiger charge is 2.18. The highest BCUT2D eigenvalue weighted by molar-refractivity contribution is 5.90. The van der Waals surface area contributed by atoms with Crippen LogP contribution in [0.2, 0.25) is 0 Å². The summed E-state index contributed by atoms with van der Waals surface area (Å²) in [4.78, 5) is 23.8. The minimum absolute atomic E-state index is 0.0573. The standard InChI is InChI=1S/C15H17NO3/c1-9-8-14(18)16(10(2)11(3)17)15-12(9)6-5-7-13(15)19-4/h5-8,10H,1-4H3. The van der Waals surface area contributed by atoms with E-state index in [1.165, 1.54) is 11.5 Å². The lowest BCUT2D eigenvalue weighted by molar-refractivity contribution is -0.119. The zero-order valence-corrected chi connectivity index (χ0v) is 11.6. The van der Waals surface area contributed by atoms with E-state index in [9.17, 15) is 9.59 Å². The van der Waals surface area contributed by atoms with E-state index < -0.39 is 6.04 Å². The molecule has 1 atom stereocenters. The van der Waals surface area contributed by atoms with Crippen LogP contribution in [0, 0.1) is 6.92 Å². The molecule has 1 heterocycles. The number of fused-ring (bicyclic) bond motifs is 1. The molecule has 0 aliphatic carbocycles. The maximum atomic E-state index is 12.2. The van der Waals surface area contributed by atoms with E-state index in [1.54, 1.807) is 26.2 Å². The Morgan fingerprint density at radius 3 is 2.63 bits per heavy atom. The van der Waals surface area contributed by atoms with Crippen molar-refractivity contribution < 1.29 is 9.53 Å². The lowest BCUT2D eigenvalue weighted by atomic mass is 10.1. The van der Waals surface area contributed by atoms with Gasteiger partial charge in [0.15, 0.2) is 5.78 Å². The number of para-hydroxylation sites is 1. The fourth-order valence-electron chi connectivity index (χ4n) is 2.26. The van der Waals surface area contributed by atoms with Gasteiger partial charge in [0.25, 0.3) is 5.56 Å². The van der Waals surface area contributed by atoms with E-state index in [1.807, 2.05) is 19.1 Å². The number of benzene rings is 1. The van der Waals surface area contributed by atoms with E-state index in [-0.39, 0.29) is 11.3 Å². The summed E-state index contributed by atoms with van der Waals surface area (Å²) >= 11 is 0. The Balaban J connectivity index is 2.97. The first-order chi connectivity index (χ1) is 8.97. The molecule has 0 fully saturated rings. The highest BCUT2D eigenvalue weighted by Crippen LogP contribution is 2.28. The molecule has 1 aromatic carbocycles. The molecule has 100 valence electrons. The van der Waals surface area contributed by atoms with Gasteiger partial charge in [-0.25, -0.2) is 0 Å². The molecule has 0 amide bonds. The summed E-state index contributed by atoms with van der Waals surface area (Å²) in [6, 6.07) is 6.65. The molecule has 2 rings (SSSR count). The van der Waals surface area contributed by atoms with E-state index in [4.69, 9.17) is 4.74 Å². The highest BCUT2D eigenvalue weighted by atomic mass is 16.5. The van der Waals surface area contributed by atoms with Gasteiger partial charge < -0.3 is 4.74 Å². The Bertz CT molecular complexity index is 700. The van der Waals surface area contributed by atoms with Gasteiger partial charge in [-0.2, -0.15) is 0 Å². The van der Waals surface area contributed by atoms with Crippen molar-refractivity contribution in [2.75, 3.05) is 7.11 Å². The summed E-state index contributed by atoms with van der Waals surface area (Å²) in [5.41, 5.74) is 1.38. The molecule has 0 aliphatic rings. The van der Waals surface area contributed by atoms with Gasteiger partial charge in [-0.15, -0.1) is 0 Å². The van der Waals surface area contributed by atoms with E-state index in [0.29, 0.717) is 11.3 Å². The second-order valence-electron chi connectivity index (χ2n) is 4.68. The molecule has 0 spiro atoms. The molecule has 0 saturated carbocycles. The monoisotopic (exact) mass is 259 g/mol. The Hall–Kier alpha value is -2.10. The number of ketones is 1. The molecular weight excluding hydrogens is 242 g/mol. The topological polar surface area (TPSA) is 48.3 Å². The molecule has 4 nitrogen and oxygen atoms in total. The van der Waals surface area contributed by atoms with Crippen molar-refractivity contribution in [1.82, 2.24) is 4.57 Å². The molecule has 1 unspecified atom stereocenters. The van der Waals surface area contributed by atoms with Gasteiger partial charge in [0.1, 0.15) is 5.75 Å². The summed E-state index contributed by atoms with van der Waals surface area (Å²) in [6.07, 6.45) is 0. The molecule has 0 saturated heterocycles. The number of hydrogen-bond acceptors (Lipinski definition) is 3. The number of Topliss-reactive ketones (excluding diaryl/α,β-unsaturated/α-hetero) is 1. The second-order valence-corrected chi connectivity index (χ2v) is 4.68. The van der Waals surface area contributed by atoms with Gasteiger partial charge >= 0.3 is 0 Å². The third-order valence-electron chi connectivity index (χ3n) is 3.44. The maximum absolute atomic E-state index is 12.2. The van der Waals surface area contributed by atoms with Crippen LogP contribution in [0.4, 0.5) is 0 Å². The normalized spacial score (nSPS) is 12.4. The first-order valence-corrected chi connectivity index (χ1v) is 6.16. The van der Waals surface area contributed by atoms with Gasteiger partial charge in [0, 0.05) is 11.5 Å². The van der Waals surface area contributed by atoms with Crippen molar-refractivity contribution in [3.8, 4) is 5.75 Å². The van der Waals surface area contributed by atoms with Gasteiger partial charge in [0.05, 0.1) is 18.7 Å². The van der Waals surface area contributed by atoms with E-state index in [0.717, 1.165) is 10.9 Å². The van der Waals surface area contributed by atoms with Crippen molar-refractivity contribution in [1.29, 1.82) is 0 Å². The number of carbonyl (C=O) groups excluding carboxylic acids is 1. The molecular formula is C15H17NO3. The Kier molecular flexibility index (Phi) is 3.42. The largest absolute Gasteiger partial charge is 0.495 e. The minimum atomic E-state index is -0.508. The first kappa shape index (κ1) is 13.3. The zero-order chi connectivity index (χ0) is 14.2. The van der Waals surface area contributed by atoms with Crippen LogP contribution in [0.1, 0.15) is 25.5 Å². The number of pyridine rings is 1. The summed E-state index contributed by atoms with van der Waals surface area (Å²) < 4.78 is 6.84. The molecule has 1 aromatic heterocycles. The molecule has 19 heavy (non-hydrogen) atoms. The number of aryl methyl sites for hydroxylation is 1. The van der Waals surface area contributed by atoms with Gasteiger partial charge in [0.2, 0.25) is 0 Å². The Morgan fingerprint density at radius 1 is 1.37 bits per heavy atom. The summed E-state index contributed by atoms with van der Waals surface area (Å²) in [7, 11) is 1.56. The number of nitrogens with zero attached hydrogens (tertiary/aromatic N) is 1. The SMILES string of the molecule is COc1cccc2c(C)cc(=O)n(C(C)C(C)=O)c12. The smallest absolute Gasteiger partial charge is 0.252 e. The average molecular weight is 259 g/mol. The first-order valence-electron chi connectivity index (χ1n) is 6.16. The number of rotatable bonds is 3. The molecule has 2 aromatic rings. The van der Waals surface area contributed by atoms with Crippen LogP contribution in [0.5, 0.6) is 5.75 Å². The van der Waals surface area contributed by atoms with Gasteiger partial charge in [-0.1, -0.05) is 12.1 Å². The van der Waals surface area contributed by atoms with Gasteiger partial charge in [-0.3, -0.25) is 14.2 Å². The summed E-state index contributed by atoms with van der Waals surface area (Å²) in [6.45, 7) is 5.09. The minimum Gasteiger partial charge on any atom is -0.495 e. The number of methoxy groups -OCH3 is 1. The Morgan fingerprint density at radius 2 is 2.05 bits per heavy atom. The molecule has 0 bridgehead atoms. The molecule has 0 radical (unpaired) electrons. The Labute approximate surface area is 111 Å². The quantitative estimate of drug-likeness (QED) is 0.850.